The minimum atomic E-state index is -0.140. The van der Waals surface area contributed by atoms with Crippen molar-refractivity contribution < 1.29 is 9.84 Å². The molecule has 0 spiro atoms. The van der Waals surface area contributed by atoms with E-state index in [-0.39, 0.29) is 6.61 Å². The normalized spacial score (nSPS) is 11.0. The number of imidazole rings is 1. The van der Waals surface area contributed by atoms with Crippen LogP contribution in [-0.4, -0.2) is 21.7 Å². The summed E-state index contributed by atoms with van der Waals surface area (Å²) in [4.78, 5) is 7.24. The van der Waals surface area contributed by atoms with Crippen LogP contribution >= 0.6 is 23.2 Å². The summed E-state index contributed by atoms with van der Waals surface area (Å²) in [6, 6.07) is 11.2. The second-order valence-electron chi connectivity index (χ2n) is 4.87. The van der Waals surface area contributed by atoms with Crippen LogP contribution in [0.3, 0.4) is 0 Å². The Morgan fingerprint density at radius 2 is 1.91 bits per heavy atom. The Morgan fingerprint density at radius 1 is 1.14 bits per heavy atom. The maximum absolute atomic E-state index is 9.10. The molecular weight excluding hydrogens is 323 g/mol. The lowest BCUT2D eigenvalue weighted by molar-refractivity contribution is 0.273. The second-order valence-corrected chi connectivity index (χ2v) is 5.71. The average Bonchev–Trinajstić information content (AvgIpc) is 2.91. The molecule has 114 valence electrons. The number of nitrogens with one attached hydrogen (secondary N) is 1. The number of aliphatic hydroxyl groups is 1. The van der Waals surface area contributed by atoms with Gasteiger partial charge in [-0.05, 0) is 23.8 Å². The Bertz CT molecular complexity index is 785. The molecule has 0 bridgehead atoms. The average molecular weight is 337 g/mol. The number of H-pyrrole nitrogens is 1. The first-order chi connectivity index (χ1) is 10.7. The zero-order valence-corrected chi connectivity index (χ0v) is 13.2. The summed E-state index contributed by atoms with van der Waals surface area (Å²) in [5, 5.41) is 10.3. The van der Waals surface area contributed by atoms with Gasteiger partial charge in [-0.3, -0.25) is 0 Å². The maximum Gasteiger partial charge on any atom is 0.140 e. The van der Waals surface area contributed by atoms with Crippen LogP contribution in [0.4, 0.5) is 0 Å². The Balaban J connectivity index is 1.70. The number of aromatic amines is 1. The predicted octanol–water partition coefficient (Wildman–Crippen LogP) is 3.98. The summed E-state index contributed by atoms with van der Waals surface area (Å²) in [6.45, 7) is 0.364. The number of fused-ring (bicyclic) bond motifs is 1. The van der Waals surface area contributed by atoms with Crippen molar-refractivity contribution >= 4 is 34.2 Å². The number of halogens is 2. The molecule has 0 fully saturated rings. The van der Waals surface area contributed by atoms with E-state index in [4.69, 9.17) is 33.0 Å². The molecule has 0 atom stereocenters. The maximum atomic E-state index is 9.10. The molecule has 0 radical (unpaired) electrons. The summed E-state index contributed by atoms with van der Waals surface area (Å²) in [5.41, 5.74) is 2.64. The van der Waals surface area contributed by atoms with Gasteiger partial charge in [-0.1, -0.05) is 35.3 Å². The minimum Gasteiger partial charge on any atom is -0.492 e. The summed E-state index contributed by atoms with van der Waals surface area (Å²) in [5.74, 6) is 1.09. The number of aromatic nitrogens is 2. The molecule has 0 saturated carbocycles. The van der Waals surface area contributed by atoms with Gasteiger partial charge in [-0.2, -0.15) is 0 Å². The predicted molar refractivity (Wildman–Crippen MR) is 87.7 cm³/mol. The smallest absolute Gasteiger partial charge is 0.140 e. The fourth-order valence-corrected chi connectivity index (χ4v) is 2.52. The van der Waals surface area contributed by atoms with Gasteiger partial charge in [0.05, 0.1) is 22.7 Å². The van der Waals surface area contributed by atoms with Gasteiger partial charge in [-0.25, -0.2) is 4.98 Å². The van der Waals surface area contributed by atoms with E-state index < -0.39 is 0 Å². The van der Waals surface area contributed by atoms with E-state index in [0.29, 0.717) is 23.2 Å². The van der Waals surface area contributed by atoms with Gasteiger partial charge in [0.15, 0.2) is 0 Å². The van der Waals surface area contributed by atoms with Crippen molar-refractivity contribution in [2.24, 2.45) is 0 Å². The zero-order valence-electron chi connectivity index (χ0n) is 11.6. The Hall–Kier alpha value is -1.75. The largest absolute Gasteiger partial charge is 0.492 e. The standard InChI is InChI=1S/C16H14Cl2N2O2/c17-11-3-1-10(2-4-11)5-6-22-15-8-14-13(7-12(15)18)19-16(9-21)20-14/h1-4,7-8,21H,5-6,9H2,(H,19,20). The molecule has 1 heterocycles. The van der Waals surface area contributed by atoms with Gasteiger partial charge in [0, 0.05) is 17.5 Å². The third-order valence-corrected chi connectivity index (χ3v) is 3.84. The van der Waals surface area contributed by atoms with Crippen molar-refractivity contribution in [3.05, 3.63) is 57.8 Å². The van der Waals surface area contributed by atoms with Gasteiger partial charge < -0.3 is 14.8 Å². The summed E-state index contributed by atoms with van der Waals surface area (Å²) >= 11 is 12.1. The first-order valence-electron chi connectivity index (χ1n) is 6.82. The highest BCUT2D eigenvalue weighted by Gasteiger charge is 2.08. The number of rotatable bonds is 5. The van der Waals surface area contributed by atoms with Crippen molar-refractivity contribution in [3.63, 3.8) is 0 Å². The zero-order chi connectivity index (χ0) is 15.5. The summed E-state index contributed by atoms with van der Waals surface area (Å²) in [6.07, 6.45) is 0.758. The number of nitrogens with zero attached hydrogens (tertiary/aromatic N) is 1. The van der Waals surface area contributed by atoms with E-state index in [1.807, 2.05) is 24.3 Å². The first-order valence-corrected chi connectivity index (χ1v) is 7.57. The topological polar surface area (TPSA) is 58.1 Å². The van der Waals surface area contributed by atoms with Crippen molar-refractivity contribution in [2.45, 2.75) is 13.0 Å². The molecule has 0 amide bonds. The fraction of sp³-hybridized carbons (Fsp3) is 0.188. The molecule has 0 aliphatic carbocycles. The third-order valence-electron chi connectivity index (χ3n) is 3.30. The van der Waals surface area contributed by atoms with Gasteiger partial charge in [0.2, 0.25) is 0 Å². The highest BCUT2D eigenvalue weighted by molar-refractivity contribution is 6.32. The lowest BCUT2D eigenvalue weighted by atomic mass is 10.2. The van der Waals surface area contributed by atoms with Crippen molar-refractivity contribution in [2.75, 3.05) is 6.61 Å². The molecule has 3 aromatic rings. The molecule has 22 heavy (non-hydrogen) atoms. The molecule has 0 aliphatic rings. The fourth-order valence-electron chi connectivity index (χ4n) is 2.18. The van der Waals surface area contributed by atoms with Crippen molar-refractivity contribution in [1.82, 2.24) is 9.97 Å². The van der Waals surface area contributed by atoms with Crippen molar-refractivity contribution in [3.8, 4) is 5.75 Å². The van der Waals surface area contributed by atoms with E-state index in [1.165, 1.54) is 0 Å². The lowest BCUT2D eigenvalue weighted by Crippen LogP contribution is -2.01. The van der Waals surface area contributed by atoms with Gasteiger partial charge in [-0.15, -0.1) is 0 Å². The molecule has 2 aromatic carbocycles. The molecule has 6 heteroatoms. The van der Waals surface area contributed by atoms with Crippen LogP contribution in [0.2, 0.25) is 10.0 Å². The van der Waals surface area contributed by atoms with E-state index in [0.717, 1.165) is 28.0 Å². The van der Waals surface area contributed by atoms with Gasteiger partial charge in [0.25, 0.3) is 0 Å². The quantitative estimate of drug-likeness (QED) is 0.740. The Labute approximate surface area is 137 Å². The third kappa shape index (κ3) is 3.35. The molecule has 0 aliphatic heterocycles. The first kappa shape index (κ1) is 15.2. The number of aliphatic hydroxyl groups excluding tert-OH is 1. The Morgan fingerprint density at radius 3 is 2.64 bits per heavy atom. The van der Waals surface area contributed by atoms with Crippen LogP contribution in [0.25, 0.3) is 11.0 Å². The van der Waals surface area contributed by atoms with Crippen LogP contribution in [0.1, 0.15) is 11.4 Å². The van der Waals surface area contributed by atoms with E-state index in [9.17, 15) is 0 Å². The highest BCUT2D eigenvalue weighted by Crippen LogP contribution is 2.29. The highest BCUT2D eigenvalue weighted by atomic mass is 35.5. The van der Waals surface area contributed by atoms with Crippen LogP contribution in [0.5, 0.6) is 5.75 Å². The number of benzene rings is 2. The Kier molecular flexibility index (Phi) is 4.52. The van der Waals surface area contributed by atoms with Crippen molar-refractivity contribution in [1.29, 1.82) is 0 Å². The lowest BCUT2D eigenvalue weighted by Gasteiger charge is -2.08. The monoisotopic (exact) mass is 336 g/mol. The SMILES string of the molecule is OCc1nc2cc(OCCc3ccc(Cl)cc3)c(Cl)cc2[nH]1. The molecule has 4 nitrogen and oxygen atoms in total. The molecule has 0 saturated heterocycles. The minimum absolute atomic E-state index is 0.140. The van der Waals surface area contributed by atoms with Crippen LogP contribution < -0.4 is 4.74 Å². The number of hydrogen-bond acceptors (Lipinski definition) is 3. The molecule has 3 rings (SSSR count). The van der Waals surface area contributed by atoms with Crippen LogP contribution in [-0.2, 0) is 13.0 Å². The van der Waals surface area contributed by atoms with Crippen LogP contribution in [0, 0.1) is 0 Å². The van der Waals surface area contributed by atoms with Gasteiger partial charge >= 0.3 is 0 Å². The molecule has 1 aromatic heterocycles. The summed E-state index contributed by atoms with van der Waals surface area (Å²) < 4.78 is 5.74. The molecule has 0 unspecified atom stereocenters. The second kappa shape index (κ2) is 6.57. The van der Waals surface area contributed by atoms with Crippen LogP contribution in [0.15, 0.2) is 36.4 Å². The van der Waals surface area contributed by atoms with E-state index in [2.05, 4.69) is 9.97 Å². The van der Waals surface area contributed by atoms with E-state index >= 15 is 0 Å². The van der Waals surface area contributed by atoms with E-state index in [1.54, 1.807) is 12.1 Å². The molecule has 2 N–H and O–H groups in total. The molecular formula is C16H14Cl2N2O2. The summed E-state index contributed by atoms with van der Waals surface area (Å²) in [7, 11) is 0. The number of hydrogen-bond donors (Lipinski definition) is 2. The van der Waals surface area contributed by atoms with Gasteiger partial charge in [0.1, 0.15) is 18.2 Å². The number of ether oxygens (including phenoxy) is 1.